The summed E-state index contributed by atoms with van der Waals surface area (Å²) < 4.78 is 0.930. The van der Waals surface area contributed by atoms with E-state index >= 15 is 0 Å². The van der Waals surface area contributed by atoms with Crippen LogP contribution in [0.5, 0.6) is 0 Å². The zero-order chi connectivity index (χ0) is 13.1. The first-order valence-corrected chi connectivity index (χ1v) is 6.73. The van der Waals surface area contributed by atoms with Crippen molar-refractivity contribution in [3.05, 3.63) is 26.8 Å². The number of rotatable bonds is 3. The summed E-state index contributed by atoms with van der Waals surface area (Å²) in [6.07, 6.45) is 0. The molecule has 0 unspecified atom stereocenters. The van der Waals surface area contributed by atoms with Crippen LogP contribution in [0, 0.1) is 3.57 Å². The van der Waals surface area contributed by atoms with E-state index in [1.807, 2.05) is 26.8 Å². The summed E-state index contributed by atoms with van der Waals surface area (Å²) in [6.45, 7) is 6.35. The molecule has 0 saturated carbocycles. The topological polar surface area (TPSA) is 41.1 Å². The van der Waals surface area contributed by atoms with E-state index in [2.05, 4.69) is 33.2 Å². The summed E-state index contributed by atoms with van der Waals surface area (Å²) >= 11 is 7.99. The van der Waals surface area contributed by atoms with Crippen molar-refractivity contribution in [1.82, 2.24) is 5.32 Å². The Morgan fingerprint density at radius 3 is 2.59 bits per heavy atom. The SMILES string of the molecule is CC(C)(C)NCC(=O)Nc1ccc(Cl)cc1I. The summed E-state index contributed by atoms with van der Waals surface area (Å²) in [4.78, 5) is 11.7. The van der Waals surface area contributed by atoms with Crippen molar-refractivity contribution in [2.75, 3.05) is 11.9 Å². The van der Waals surface area contributed by atoms with Crippen molar-refractivity contribution >= 4 is 45.8 Å². The molecule has 94 valence electrons. The second kappa shape index (κ2) is 6.02. The minimum Gasteiger partial charge on any atom is -0.324 e. The number of halogens is 2. The van der Waals surface area contributed by atoms with Gasteiger partial charge in [-0.1, -0.05) is 11.6 Å². The minimum atomic E-state index is -0.0650. The predicted molar refractivity (Wildman–Crippen MR) is 80.6 cm³/mol. The Morgan fingerprint density at radius 1 is 1.41 bits per heavy atom. The van der Waals surface area contributed by atoms with Crippen LogP contribution in [-0.4, -0.2) is 18.0 Å². The highest BCUT2D eigenvalue weighted by atomic mass is 127. The highest BCUT2D eigenvalue weighted by Gasteiger charge is 2.12. The molecule has 0 atom stereocenters. The molecule has 1 amide bonds. The summed E-state index contributed by atoms with van der Waals surface area (Å²) in [7, 11) is 0. The van der Waals surface area contributed by atoms with Crippen LogP contribution in [0.25, 0.3) is 0 Å². The average Bonchev–Trinajstić information content (AvgIpc) is 2.18. The molecule has 3 nitrogen and oxygen atoms in total. The third kappa shape index (κ3) is 5.70. The Bertz CT molecular complexity index is 415. The van der Waals surface area contributed by atoms with Crippen LogP contribution < -0.4 is 10.6 Å². The summed E-state index contributed by atoms with van der Waals surface area (Å²) in [5.41, 5.74) is 0.723. The molecule has 0 bridgehead atoms. The van der Waals surface area contributed by atoms with Crippen molar-refractivity contribution in [3.8, 4) is 0 Å². The first kappa shape index (κ1) is 14.7. The molecule has 0 spiro atoms. The Hall–Kier alpha value is -0.330. The molecule has 1 aromatic carbocycles. The number of hydrogen-bond donors (Lipinski definition) is 2. The average molecular weight is 367 g/mol. The fourth-order valence-corrected chi connectivity index (χ4v) is 2.14. The van der Waals surface area contributed by atoms with E-state index in [4.69, 9.17) is 11.6 Å². The lowest BCUT2D eigenvalue weighted by molar-refractivity contribution is -0.115. The van der Waals surface area contributed by atoms with Gasteiger partial charge in [0.2, 0.25) is 5.91 Å². The Balaban J connectivity index is 2.57. The number of nitrogens with one attached hydrogen (secondary N) is 2. The van der Waals surface area contributed by atoms with Gasteiger partial charge in [-0.25, -0.2) is 0 Å². The van der Waals surface area contributed by atoms with Gasteiger partial charge >= 0.3 is 0 Å². The molecule has 2 N–H and O–H groups in total. The van der Waals surface area contributed by atoms with Crippen molar-refractivity contribution < 1.29 is 4.79 Å². The highest BCUT2D eigenvalue weighted by molar-refractivity contribution is 14.1. The standard InChI is InChI=1S/C12H16ClIN2O/c1-12(2,3)15-7-11(17)16-10-5-4-8(13)6-9(10)14/h4-6,15H,7H2,1-3H3,(H,16,17). The molecule has 5 heteroatoms. The van der Waals surface area contributed by atoms with Gasteiger partial charge in [-0.3, -0.25) is 4.79 Å². The van der Waals surface area contributed by atoms with Gasteiger partial charge in [-0.15, -0.1) is 0 Å². The number of amides is 1. The number of carbonyl (C=O) groups is 1. The fraction of sp³-hybridized carbons (Fsp3) is 0.417. The van der Waals surface area contributed by atoms with E-state index in [9.17, 15) is 4.79 Å². The Labute approximate surface area is 120 Å². The van der Waals surface area contributed by atoms with Crippen molar-refractivity contribution in [1.29, 1.82) is 0 Å². The van der Waals surface area contributed by atoms with Crippen LogP contribution in [0.1, 0.15) is 20.8 Å². The lowest BCUT2D eigenvalue weighted by Crippen LogP contribution is -2.41. The third-order valence-electron chi connectivity index (χ3n) is 1.98. The Kier molecular flexibility index (Phi) is 5.22. The van der Waals surface area contributed by atoms with Crippen molar-refractivity contribution in [2.24, 2.45) is 0 Å². The predicted octanol–water partition coefficient (Wildman–Crippen LogP) is 3.27. The van der Waals surface area contributed by atoms with Gasteiger partial charge in [0.1, 0.15) is 0 Å². The lowest BCUT2D eigenvalue weighted by atomic mass is 10.1. The molecule has 0 radical (unpaired) electrons. The molecule has 0 aromatic heterocycles. The zero-order valence-corrected chi connectivity index (χ0v) is 13.0. The van der Waals surface area contributed by atoms with Gasteiger partial charge < -0.3 is 10.6 Å². The van der Waals surface area contributed by atoms with Gasteiger partial charge in [0.25, 0.3) is 0 Å². The van der Waals surface area contributed by atoms with Crippen LogP contribution in [-0.2, 0) is 4.79 Å². The molecular weight excluding hydrogens is 351 g/mol. The molecule has 0 aliphatic carbocycles. The van der Waals surface area contributed by atoms with Crippen LogP contribution in [0.2, 0.25) is 5.02 Å². The zero-order valence-electron chi connectivity index (χ0n) is 10.1. The summed E-state index contributed by atoms with van der Waals surface area (Å²) in [5, 5.41) is 6.64. The molecule has 0 aliphatic rings. The van der Waals surface area contributed by atoms with E-state index in [1.165, 1.54) is 0 Å². The van der Waals surface area contributed by atoms with E-state index in [1.54, 1.807) is 12.1 Å². The molecule has 1 aromatic rings. The van der Waals surface area contributed by atoms with E-state index in [0.717, 1.165) is 9.26 Å². The lowest BCUT2D eigenvalue weighted by Gasteiger charge is -2.20. The first-order valence-electron chi connectivity index (χ1n) is 5.28. The van der Waals surface area contributed by atoms with Crippen LogP contribution in [0.4, 0.5) is 5.69 Å². The van der Waals surface area contributed by atoms with Crippen LogP contribution in [0.3, 0.4) is 0 Å². The smallest absolute Gasteiger partial charge is 0.238 e. The monoisotopic (exact) mass is 366 g/mol. The molecule has 0 fully saturated rings. The molecular formula is C12H16ClIN2O. The molecule has 0 saturated heterocycles. The third-order valence-corrected chi connectivity index (χ3v) is 3.11. The van der Waals surface area contributed by atoms with Crippen molar-refractivity contribution in [2.45, 2.75) is 26.3 Å². The number of anilines is 1. The Morgan fingerprint density at radius 2 is 2.06 bits per heavy atom. The summed E-state index contributed by atoms with van der Waals surface area (Å²) in [6, 6.07) is 5.38. The second-order valence-electron chi connectivity index (χ2n) is 4.78. The van der Waals surface area contributed by atoms with Gasteiger partial charge in [-0.2, -0.15) is 0 Å². The number of carbonyl (C=O) groups excluding carboxylic acids is 1. The number of benzene rings is 1. The molecule has 0 aliphatic heterocycles. The number of hydrogen-bond acceptors (Lipinski definition) is 2. The molecule has 0 heterocycles. The normalized spacial score (nSPS) is 11.4. The van der Waals surface area contributed by atoms with Gasteiger partial charge in [-0.05, 0) is 61.6 Å². The van der Waals surface area contributed by atoms with E-state index < -0.39 is 0 Å². The van der Waals surface area contributed by atoms with Crippen LogP contribution >= 0.6 is 34.2 Å². The first-order chi connectivity index (χ1) is 7.78. The maximum atomic E-state index is 11.7. The molecule has 17 heavy (non-hydrogen) atoms. The minimum absolute atomic E-state index is 0.0554. The van der Waals surface area contributed by atoms with E-state index in [-0.39, 0.29) is 11.4 Å². The van der Waals surface area contributed by atoms with Crippen LogP contribution in [0.15, 0.2) is 18.2 Å². The summed E-state index contributed by atoms with van der Waals surface area (Å²) in [5.74, 6) is -0.0554. The van der Waals surface area contributed by atoms with Gasteiger partial charge in [0.15, 0.2) is 0 Å². The van der Waals surface area contributed by atoms with E-state index in [0.29, 0.717) is 11.6 Å². The molecule has 1 rings (SSSR count). The maximum absolute atomic E-state index is 11.7. The quantitative estimate of drug-likeness (QED) is 0.806. The largest absolute Gasteiger partial charge is 0.324 e. The van der Waals surface area contributed by atoms with Gasteiger partial charge in [0.05, 0.1) is 12.2 Å². The van der Waals surface area contributed by atoms with Gasteiger partial charge in [0, 0.05) is 14.1 Å². The maximum Gasteiger partial charge on any atom is 0.238 e. The highest BCUT2D eigenvalue weighted by Crippen LogP contribution is 2.22. The second-order valence-corrected chi connectivity index (χ2v) is 6.37. The van der Waals surface area contributed by atoms with Crippen molar-refractivity contribution in [3.63, 3.8) is 0 Å². The fourth-order valence-electron chi connectivity index (χ4n) is 1.13.